The first-order valence-electron chi connectivity index (χ1n) is 6.75. The number of hydrogen-bond donors (Lipinski definition) is 0. The number of carbonyl (C=O) groups excluding carboxylic acids is 1. The number of likely N-dealkylation sites (tertiary alicyclic amines) is 1. The van der Waals surface area contributed by atoms with Gasteiger partial charge in [0, 0.05) is 18.8 Å². The van der Waals surface area contributed by atoms with Gasteiger partial charge in [0.1, 0.15) is 5.15 Å². The van der Waals surface area contributed by atoms with E-state index in [-0.39, 0.29) is 11.1 Å². The second-order valence-corrected chi connectivity index (χ2v) is 5.67. The number of nitrogens with zero attached hydrogens (tertiary/aromatic N) is 2. The van der Waals surface area contributed by atoms with Gasteiger partial charge >= 0.3 is 0 Å². The van der Waals surface area contributed by atoms with Crippen LogP contribution in [0.1, 0.15) is 49.4 Å². The highest BCUT2D eigenvalue weighted by molar-refractivity contribution is 6.41. The van der Waals surface area contributed by atoms with Crippen molar-refractivity contribution >= 4 is 29.1 Å². The van der Waals surface area contributed by atoms with Gasteiger partial charge in [0.2, 0.25) is 0 Å². The van der Waals surface area contributed by atoms with E-state index in [1.807, 2.05) is 4.90 Å². The number of halogens is 2. The molecular weight excluding hydrogens is 283 g/mol. The lowest BCUT2D eigenvalue weighted by molar-refractivity contribution is 0.0678. The van der Waals surface area contributed by atoms with Crippen molar-refractivity contribution in [3.8, 4) is 0 Å². The molecule has 1 unspecified atom stereocenters. The second-order valence-electron chi connectivity index (χ2n) is 4.91. The van der Waals surface area contributed by atoms with Gasteiger partial charge in [-0.3, -0.25) is 4.79 Å². The lowest BCUT2D eigenvalue weighted by Crippen LogP contribution is -2.39. The van der Waals surface area contributed by atoms with E-state index in [1.54, 1.807) is 6.07 Å². The van der Waals surface area contributed by atoms with Crippen LogP contribution in [0, 0.1) is 0 Å². The standard InChI is InChI=1S/C14H18Cl2N2O/c1-2-11-6-4-3-5-7-18(11)14(19)10-8-12(15)13(16)17-9-10/h8-9,11H,2-7H2,1H3. The van der Waals surface area contributed by atoms with Gasteiger partial charge in [0.15, 0.2) is 0 Å². The Morgan fingerprint density at radius 2 is 2.21 bits per heavy atom. The Balaban J connectivity index is 2.22. The molecule has 0 aromatic carbocycles. The van der Waals surface area contributed by atoms with Crippen LogP contribution in [0.4, 0.5) is 0 Å². The Bertz CT molecular complexity index is 465. The maximum absolute atomic E-state index is 12.6. The number of aromatic nitrogens is 1. The number of hydrogen-bond acceptors (Lipinski definition) is 2. The second kappa shape index (κ2) is 6.58. The summed E-state index contributed by atoms with van der Waals surface area (Å²) in [4.78, 5) is 18.5. The molecule has 0 N–H and O–H groups in total. The highest BCUT2D eigenvalue weighted by Gasteiger charge is 2.25. The third kappa shape index (κ3) is 3.40. The molecule has 2 heterocycles. The number of pyridine rings is 1. The molecule has 1 aromatic rings. The summed E-state index contributed by atoms with van der Waals surface area (Å²) in [6.45, 7) is 2.95. The van der Waals surface area contributed by atoms with Gasteiger partial charge < -0.3 is 4.90 Å². The van der Waals surface area contributed by atoms with E-state index in [9.17, 15) is 4.79 Å². The van der Waals surface area contributed by atoms with E-state index in [4.69, 9.17) is 23.2 Å². The van der Waals surface area contributed by atoms with E-state index in [2.05, 4.69) is 11.9 Å². The van der Waals surface area contributed by atoms with Crippen molar-refractivity contribution in [2.75, 3.05) is 6.54 Å². The lowest BCUT2D eigenvalue weighted by Gasteiger charge is -2.29. The Labute approximate surface area is 123 Å². The van der Waals surface area contributed by atoms with Crippen molar-refractivity contribution in [2.24, 2.45) is 0 Å². The molecule has 104 valence electrons. The molecule has 1 amide bonds. The quantitative estimate of drug-likeness (QED) is 0.768. The third-order valence-corrected chi connectivity index (χ3v) is 4.34. The summed E-state index contributed by atoms with van der Waals surface area (Å²) in [6, 6.07) is 1.93. The predicted octanol–water partition coefficient (Wildman–Crippen LogP) is 4.18. The number of rotatable bonds is 2. The number of carbonyl (C=O) groups is 1. The van der Waals surface area contributed by atoms with E-state index in [0.29, 0.717) is 16.6 Å². The Morgan fingerprint density at radius 1 is 1.42 bits per heavy atom. The zero-order valence-corrected chi connectivity index (χ0v) is 12.5. The average molecular weight is 301 g/mol. The molecule has 0 bridgehead atoms. The lowest BCUT2D eigenvalue weighted by atomic mass is 10.1. The summed E-state index contributed by atoms with van der Waals surface area (Å²) in [5.74, 6) is 0.0137. The number of amides is 1. The van der Waals surface area contributed by atoms with Crippen molar-refractivity contribution in [3.05, 3.63) is 28.0 Å². The SMILES string of the molecule is CCC1CCCCCN1C(=O)c1cnc(Cl)c(Cl)c1. The Morgan fingerprint density at radius 3 is 2.89 bits per heavy atom. The molecule has 1 saturated heterocycles. The van der Waals surface area contributed by atoms with Crippen LogP contribution < -0.4 is 0 Å². The minimum atomic E-state index is 0.0137. The molecule has 1 aromatic heterocycles. The molecule has 0 aliphatic carbocycles. The fourth-order valence-electron chi connectivity index (χ4n) is 2.57. The largest absolute Gasteiger partial charge is 0.336 e. The van der Waals surface area contributed by atoms with Crippen LogP contribution in [0.25, 0.3) is 0 Å². The van der Waals surface area contributed by atoms with Crippen LogP contribution in [0.5, 0.6) is 0 Å². The van der Waals surface area contributed by atoms with Crippen molar-refractivity contribution in [1.29, 1.82) is 0 Å². The zero-order valence-electron chi connectivity index (χ0n) is 11.0. The Kier molecular flexibility index (Phi) is 5.06. The maximum Gasteiger partial charge on any atom is 0.255 e. The van der Waals surface area contributed by atoms with Crippen molar-refractivity contribution in [1.82, 2.24) is 9.88 Å². The molecule has 3 nitrogen and oxygen atoms in total. The summed E-state index contributed by atoms with van der Waals surface area (Å²) in [5.41, 5.74) is 0.523. The van der Waals surface area contributed by atoms with Crippen molar-refractivity contribution in [2.45, 2.75) is 45.1 Å². The summed E-state index contributed by atoms with van der Waals surface area (Å²) in [7, 11) is 0. The fourth-order valence-corrected chi connectivity index (χ4v) is 2.84. The molecule has 0 radical (unpaired) electrons. The first kappa shape index (κ1) is 14.6. The molecule has 1 fully saturated rings. The smallest absolute Gasteiger partial charge is 0.255 e. The normalized spacial score (nSPS) is 20.2. The van der Waals surface area contributed by atoms with Crippen molar-refractivity contribution in [3.63, 3.8) is 0 Å². The van der Waals surface area contributed by atoms with Gasteiger partial charge in [-0.2, -0.15) is 0 Å². The van der Waals surface area contributed by atoms with Crippen LogP contribution in [0.15, 0.2) is 12.3 Å². The molecule has 0 spiro atoms. The molecule has 1 aliphatic rings. The predicted molar refractivity (Wildman–Crippen MR) is 77.8 cm³/mol. The van der Waals surface area contributed by atoms with E-state index in [0.717, 1.165) is 25.8 Å². The summed E-state index contributed by atoms with van der Waals surface area (Å²) < 4.78 is 0. The molecular formula is C14H18Cl2N2O. The molecule has 19 heavy (non-hydrogen) atoms. The van der Waals surface area contributed by atoms with Gasteiger partial charge in [-0.25, -0.2) is 4.98 Å². The van der Waals surface area contributed by atoms with E-state index in [1.165, 1.54) is 19.0 Å². The van der Waals surface area contributed by atoms with Gasteiger partial charge in [-0.15, -0.1) is 0 Å². The maximum atomic E-state index is 12.6. The highest BCUT2D eigenvalue weighted by atomic mass is 35.5. The van der Waals surface area contributed by atoms with Crippen LogP contribution in [-0.2, 0) is 0 Å². The summed E-state index contributed by atoms with van der Waals surface area (Å²) in [6.07, 6.45) is 7.03. The average Bonchev–Trinajstić information content (AvgIpc) is 2.66. The minimum Gasteiger partial charge on any atom is -0.336 e. The molecule has 1 aliphatic heterocycles. The topological polar surface area (TPSA) is 33.2 Å². The van der Waals surface area contributed by atoms with Crippen molar-refractivity contribution < 1.29 is 4.79 Å². The molecule has 0 saturated carbocycles. The van der Waals surface area contributed by atoms with Crippen LogP contribution in [0.2, 0.25) is 10.2 Å². The fraction of sp³-hybridized carbons (Fsp3) is 0.571. The van der Waals surface area contributed by atoms with Crippen LogP contribution in [-0.4, -0.2) is 28.4 Å². The monoisotopic (exact) mass is 300 g/mol. The highest BCUT2D eigenvalue weighted by Crippen LogP contribution is 2.24. The Hall–Kier alpha value is -0.800. The molecule has 1 atom stereocenters. The van der Waals surface area contributed by atoms with Crippen LogP contribution in [0.3, 0.4) is 0 Å². The third-order valence-electron chi connectivity index (χ3n) is 3.65. The first-order chi connectivity index (χ1) is 9.13. The van der Waals surface area contributed by atoms with Gasteiger partial charge in [0.05, 0.1) is 10.6 Å². The minimum absolute atomic E-state index is 0.0137. The van der Waals surface area contributed by atoms with E-state index >= 15 is 0 Å². The molecule has 5 heteroatoms. The first-order valence-corrected chi connectivity index (χ1v) is 7.51. The summed E-state index contributed by atoms with van der Waals surface area (Å²) >= 11 is 11.7. The zero-order chi connectivity index (χ0) is 13.8. The van der Waals surface area contributed by atoms with Gasteiger partial charge in [0.25, 0.3) is 5.91 Å². The van der Waals surface area contributed by atoms with Crippen LogP contribution >= 0.6 is 23.2 Å². The van der Waals surface area contributed by atoms with Gasteiger partial charge in [-0.1, -0.05) is 43.0 Å². The summed E-state index contributed by atoms with van der Waals surface area (Å²) in [5, 5.41) is 0.566. The molecule has 2 rings (SSSR count). The van der Waals surface area contributed by atoms with E-state index < -0.39 is 0 Å². The van der Waals surface area contributed by atoms with Gasteiger partial charge in [-0.05, 0) is 25.3 Å².